The number of nitrogens with zero attached hydrogens (tertiary/aromatic N) is 3. The summed E-state index contributed by atoms with van der Waals surface area (Å²) in [6.07, 6.45) is 2.58. The molecule has 186 valence electrons. The summed E-state index contributed by atoms with van der Waals surface area (Å²) >= 11 is 1.53. The van der Waals surface area contributed by atoms with E-state index in [1.165, 1.54) is 11.8 Å². The number of thioether (sulfide) groups is 1. The highest BCUT2D eigenvalue weighted by Crippen LogP contribution is 2.44. The monoisotopic (exact) mass is 497 g/mol. The van der Waals surface area contributed by atoms with E-state index in [0.29, 0.717) is 43.3 Å². The van der Waals surface area contributed by atoms with Gasteiger partial charge in [0, 0.05) is 22.6 Å². The highest BCUT2D eigenvalue weighted by molar-refractivity contribution is 8.14. The van der Waals surface area contributed by atoms with E-state index >= 15 is 0 Å². The van der Waals surface area contributed by atoms with Gasteiger partial charge in [-0.25, -0.2) is 4.99 Å². The molecule has 1 aromatic carbocycles. The number of furan rings is 1. The van der Waals surface area contributed by atoms with E-state index in [-0.39, 0.29) is 18.6 Å². The number of amidine groups is 1. The number of aryl methyl sites for hydroxylation is 1. The number of nitrogens with two attached hydrogens (primary N) is 2. The topological polar surface area (TPSA) is 138 Å². The first-order valence-corrected chi connectivity index (χ1v) is 12.5. The molecule has 0 aliphatic carbocycles. The van der Waals surface area contributed by atoms with Crippen LogP contribution >= 0.6 is 11.8 Å². The summed E-state index contributed by atoms with van der Waals surface area (Å²) in [6, 6.07) is 7.35. The van der Waals surface area contributed by atoms with Crippen molar-refractivity contribution < 1.29 is 18.7 Å². The molecule has 4 N–H and O–H groups in total. The molecule has 1 aromatic heterocycles. The summed E-state index contributed by atoms with van der Waals surface area (Å²) in [5, 5.41) is 0.865. The van der Waals surface area contributed by atoms with Gasteiger partial charge in [-0.1, -0.05) is 25.1 Å². The summed E-state index contributed by atoms with van der Waals surface area (Å²) in [5.41, 5.74) is 13.3. The van der Waals surface area contributed by atoms with Crippen molar-refractivity contribution in [2.45, 2.75) is 57.4 Å². The van der Waals surface area contributed by atoms with Gasteiger partial charge in [0.1, 0.15) is 30.1 Å². The molecule has 35 heavy (non-hydrogen) atoms. The number of benzene rings is 1. The van der Waals surface area contributed by atoms with Crippen LogP contribution in [0.15, 0.2) is 48.6 Å². The number of primary amides is 1. The molecule has 0 spiro atoms. The SMILES string of the molecule is CCC(CCC(N)=O)CC(=NC1C(C)=NCN=C1N)Sc1cc2c(cc1-c1ccc(C)o1)OCO2. The van der Waals surface area contributed by atoms with Gasteiger partial charge < -0.3 is 25.4 Å². The largest absolute Gasteiger partial charge is 0.461 e. The zero-order valence-corrected chi connectivity index (χ0v) is 21.1. The highest BCUT2D eigenvalue weighted by atomic mass is 32.2. The average molecular weight is 498 g/mol. The molecule has 0 saturated carbocycles. The van der Waals surface area contributed by atoms with E-state index in [2.05, 4.69) is 16.9 Å². The maximum Gasteiger partial charge on any atom is 0.231 e. The van der Waals surface area contributed by atoms with Gasteiger partial charge in [0.15, 0.2) is 11.5 Å². The second kappa shape index (κ2) is 11.0. The molecule has 0 saturated heterocycles. The van der Waals surface area contributed by atoms with Crippen molar-refractivity contribution in [2.24, 2.45) is 32.4 Å². The number of carbonyl (C=O) groups is 1. The molecule has 10 heteroatoms. The van der Waals surface area contributed by atoms with Gasteiger partial charge in [0.05, 0.1) is 5.04 Å². The minimum atomic E-state index is -0.414. The predicted octanol–water partition coefficient (Wildman–Crippen LogP) is 4.31. The average Bonchev–Trinajstić information content (AvgIpc) is 3.46. The Morgan fingerprint density at radius 2 is 2.00 bits per heavy atom. The quantitative estimate of drug-likeness (QED) is 0.301. The minimum absolute atomic E-state index is 0.177. The summed E-state index contributed by atoms with van der Waals surface area (Å²) in [6.45, 7) is 6.44. The number of carbonyl (C=O) groups excluding carboxylic acids is 1. The first-order valence-electron chi connectivity index (χ1n) is 11.7. The second-order valence-electron chi connectivity index (χ2n) is 8.65. The lowest BCUT2D eigenvalue weighted by atomic mass is 9.97. The van der Waals surface area contributed by atoms with Crippen LogP contribution in [0.1, 0.15) is 45.3 Å². The molecule has 0 fully saturated rings. The summed E-state index contributed by atoms with van der Waals surface area (Å²) < 4.78 is 17.2. The molecular formula is C25H31N5O4S. The smallest absolute Gasteiger partial charge is 0.231 e. The van der Waals surface area contributed by atoms with E-state index in [9.17, 15) is 4.79 Å². The van der Waals surface area contributed by atoms with Gasteiger partial charge in [0.2, 0.25) is 12.7 Å². The van der Waals surface area contributed by atoms with Crippen LogP contribution in [0, 0.1) is 12.8 Å². The number of rotatable bonds is 9. The summed E-state index contributed by atoms with van der Waals surface area (Å²) in [7, 11) is 0. The third kappa shape index (κ3) is 6.05. The van der Waals surface area contributed by atoms with Crippen molar-refractivity contribution >= 4 is 34.3 Å². The van der Waals surface area contributed by atoms with Crippen LogP contribution < -0.4 is 20.9 Å². The first-order chi connectivity index (χ1) is 16.8. The normalized spacial score (nSPS) is 18.3. The van der Waals surface area contributed by atoms with Gasteiger partial charge in [0.25, 0.3) is 0 Å². The molecular weight excluding hydrogens is 466 g/mol. The number of aliphatic imine (C=N–C) groups is 3. The second-order valence-corrected chi connectivity index (χ2v) is 9.76. The molecule has 1 amide bonds. The van der Waals surface area contributed by atoms with E-state index in [0.717, 1.165) is 39.2 Å². The van der Waals surface area contributed by atoms with Crippen LogP contribution in [0.5, 0.6) is 11.5 Å². The van der Waals surface area contributed by atoms with Crippen molar-refractivity contribution in [1.29, 1.82) is 0 Å². The van der Waals surface area contributed by atoms with Crippen molar-refractivity contribution in [3.05, 3.63) is 30.0 Å². The Morgan fingerprint density at radius 3 is 2.66 bits per heavy atom. The maximum atomic E-state index is 11.4. The number of fused-ring (bicyclic) bond motifs is 1. The van der Waals surface area contributed by atoms with Crippen LogP contribution in [0.25, 0.3) is 11.3 Å². The van der Waals surface area contributed by atoms with E-state index in [1.807, 2.05) is 38.1 Å². The first kappa shape index (κ1) is 24.8. The number of hydrogen-bond donors (Lipinski definition) is 2. The van der Waals surface area contributed by atoms with Crippen LogP contribution in [-0.2, 0) is 4.79 Å². The maximum absolute atomic E-state index is 11.4. The Balaban J connectivity index is 1.72. The van der Waals surface area contributed by atoms with Crippen LogP contribution in [0.2, 0.25) is 0 Å². The van der Waals surface area contributed by atoms with E-state index in [1.54, 1.807) is 0 Å². The van der Waals surface area contributed by atoms with Crippen molar-refractivity contribution in [3.63, 3.8) is 0 Å². The van der Waals surface area contributed by atoms with Crippen LogP contribution in [0.4, 0.5) is 0 Å². The van der Waals surface area contributed by atoms with Crippen molar-refractivity contribution in [1.82, 2.24) is 0 Å². The zero-order valence-electron chi connectivity index (χ0n) is 20.2. The molecule has 3 heterocycles. The Labute approximate surface area is 209 Å². The Hall–Kier alpha value is -3.27. The number of amides is 1. The molecule has 0 bridgehead atoms. The van der Waals surface area contributed by atoms with Crippen molar-refractivity contribution in [3.8, 4) is 22.8 Å². The molecule has 0 radical (unpaired) electrons. The van der Waals surface area contributed by atoms with Crippen LogP contribution in [-0.4, -0.2) is 42.0 Å². The Morgan fingerprint density at radius 1 is 1.23 bits per heavy atom. The summed E-state index contributed by atoms with van der Waals surface area (Å²) in [5.74, 6) is 3.29. The molecule has 2 aliphatic rings. The third-order valence-electron chi connectivity index (χ3n) is 6.07. The lowest BCUT2D eigenvalue weighted by Crippen LogP contribution is -2.36. The molecule has 2 unspecified atom stereocenters. The molecule has 2 aliphatic heterocycles. The Bertz CT molecular complexity index is 1170. The molecule has 2 aromatic rings. The van der Waals surface area contributed by atoms with Crippen LogP contribution in [0.3, 0.4) is 0 Å². The molecule has 2 atom stereocenters. The van der Waals surface area contributed by atoms with Crippen molar-refractivity contribution in [2.75, 3.05) is 13.5 Å². The van der Waals surface area contributed by atoms with Gasteiger partial charge in [-0.05, 0) is 56.9 Å². The fraction of sp³-hybridized carbons (Fsp3) is 0.440. The zero-order chi connectivity index (χ0) is 24.9. The summed E-state index contributed by atoms with van der Waals surface area (Å²) in [4.78, 5) is 26.0. The van der Waals surface area contributed by atoms with Gasteiger partial charge in [-0.2, -0.15) is 0 Å². The predicted molar refractivity (Wildman–Crippen MR) is 139 cm³/mol. The standard InChI is InChI=1S/C25H31N5O4S/c1-4-16(6-8-22(26)31)9-23(30-24-15(3)28-12-29-25(24)27)35-21-11-20-19(32-13-33-20)10-17(21)18-7-5-14(2)34-18/h5,7,10-11,16,24H,4,6,8-9,12-13H2,1-3H3,(H2,26,31)(H2,27,29). The van der Waals surface area contributed by atoms with E-state index < -0.39 is 6.04 Å². The lowest BCUT2D eigenvalue weighted by Gasteiger charge is -2.21. The van der Waals surface area contributed by atoms with Gasteiger partial charge in [-0.15, -0.1) is 0 Å². The minimum Gasteiger partial charge on any atom is -0.461 e. The number of ether oxygens (including phenoxy) is 2. The Kier molecular flexibility index (Phi) is 7.80. The van der Waals surface area contributed by atoms with Gasteiger partial charge in [-0.3, -0.25) is 14.8 Å². The lowest BCUT2D eigenvalue weighted by molar-refractivity contribution is -0.118. The number of hydrogen-bond acceptors (Lipinski definition) is 9. The van der Waals surface area contributed by atoms with E-state index in [4.69, 9.17) is 30.4 Å². The fourth-order valence-electron chi connectivity index (χ4n) is 3.99. The van der Waals surface area contributed by atoms with Gasteiger partial charge >= 0.3 is 0 Å². The third-order valence-corrected chi connectivity index (χ3v) is 7.14. The highest BCUT2D eigenvalue weighted by Gasteiger charge is 2.25. The molecule has 9 nitrogen and oxygen atoms in total. The molecule has 4 rings (SSSR count). The fourth-order valence-corrected chi connectivity index (χ4v) is 5.16.